The highest BCUT2D eigenvalue weighted by atomic mass is 32.1. The minimum absolute atomic E-state index is 0.147. The van der Waals surface area contributed by atoms with Gasteiger partial charge >= 0.3 is 0 Å². The van der Waals surface area contributed by atoms with Crippen molar-refractivity contribution in [2.24, 2.45) is 5.92 Å². The third kappa shape index (κ3) is 3.08. The van der Waals surface area contributed by atoms with Gasteiger partial charge in [-0.25, -0.2) is 13.8 Å². The van der Waals surface area contributed by atoms with Gasteiger partial charge in [0.25, 0.3) is 6.43 Å². The summed E-state index contributed by atoms with van der Waals surface area (Å²) < 4.78 is 25.6. The number of rotatable bonds is 4. The number of nitrogens with zero attached hydrogens (tertiary/aromatic N) is 3. The van der Waals surface area contributed by atoms with E-state index in [-0.39, 0.29) is 18.2 Å². The Morgan fingerprint density at radius 3 is 2.74 bits per heavy atom. The van der Waals surface area contributed by atoms with Crippen molar-refractivity contribution < 1.29 is 13.9 Å². The summed E-state index contributed by atoms with van der Waals surface area (Å²) in [6.45, 7) is 1.43. The number of piperidine rings is 1. The number of alkyl halides is 2. The maximum Gasteiger partial charge on any atom is 0.281 e. The van der Waals surface area contributed by atoms with E-state index in [0.29, 0.717) is 18.0 Å². The molecule has 104 valence electrons. The van der Waals surface area contributed by atoms with Gasteiger partial charge in [-0.2, -0.15) is 5.26 Å². The lowest BCUT2D eigenvalue weighted by Crippen LogP contribution is -2.37. The van der Waals surface area contributed by atoms with E-state index in [2.05, 4.69) is 11.1 Å². The molecule has 2 rings (SSSR count). The molecule has 0 spiro atoms. The largest absolute Gasteiger partial charge is 0.396 e. The number of hydrogen-bond donors (Lipinski definition) is 1. The van der Waals surface area contributed by atoms with Gasteiger partial charge in [-0.15, -0.1) is 11.3 Å². The quantitative estimate of drug-likeness (QED) is 0.923. The molecule has 0 amide bonds. The number of thiazole rings is 1. The third-order valence-corrected chi connectivity index (χ3v) is 4.37. The lowest BCUT2D eigenvalue weighted by atomic mass is 9.96. The fourth-order valence-electron chi connectivity index (χ4n) is 2.33. The lowest BCUT2D eigenvalue weighted by molar-refractivity contribution is 0.113. The van der Waals surface area contributed by atoms with E-state index >= 15 is 0 Å². The standard InChI is InChI=1S/C12H15F2N3OS/c13-12(14)10-11(19-7-16-10)9(5-15)17-3-1-8(6-18)2-4-17/h7-9,12,18H,1-4,6H2. The van der Waals surface area contributed by atoms with Crippen LogP contribution in [0, 0.1) is 17.2 Å². The van der Waals surface area contributed by atoms with E-state index in [1.165, 1.54) is 5.51 Å². The number of aliphatic hydroxyl groups excluding tert-OH is 1. The Hall–Kier alpha value is -1.10. The zero-order chi connectivity index (χ0) is 13.8. The van der Waals surface area contributed by atoms with Gasteiger partial charge in [0, 0.05) is 19.7 Å². The Morgan fingerprint density at radius 1 is 1.53 bits per heavy atom. The summed E-state index contributed by atoms with van der Waals surface area (Å²) in [5.41, 5.74) is 1.09. The number of halogens is 2. The second-order valence-electron chi connectivity index (χ2n) is 4.60. The Kier molecular flexibility index (Phi) is 4.80. The van der Waals surface area contributed by atoms with Crippen LogP contribution in [0.2, 0.25) is 0 Å². The molecule has 0 bridgehead atoms. The first kappa shape index (κ1) is 14.3. The van der Waals surface area contributed by atoms with Crippen molar-refractivity contribution in [2.75, 3.05) is 19.7 Å². The molecular formula is C12H15F2N3OS. The van der Waals surface area contributed by atoms with Crippen LogP contribution in [0.3, 0.4) is 0 Å². The first-order chi connectivity index (χ1) is 9.17. The predicted octanol–water partition coefficient (Wildman–Crippen LogP) is 2.35. The average molecular weight is 287 g/mol. The van der Waals surface area contributed by atoms with Crippen molar-refractivity contribution in [3.8, 4) is 6.07 Å². The summed E-state index contributed by atoms with van der Waals surface area (Å²) in [5.74, 6) is 0.256. The minimum Gasteiger partial charge on any atom is -0.396 e. The molecule has 0 aromatic carbocycles. The van der Waals surface area contributed by atoms with E-state index in [1.54, 1.807) is 0 Å². The maximum absolute atomic E-state index is 12.8. The van der Waals surface area contributed by atoms with E-state index in [4.69, 9.17) is 5.11 Å². The van der Waals surface area contributed by atoms with Gasteiger partial charge < -0.3 is 5.11 Å². The smallest absolute Gasteiger partial charge is 0.281 e. The maximum atomic E-state index is 12.8. The van der Waals surface area contributed by atoms with Crippen LogP contribution >= 0.6 is 11.3 Å². The zero-order valence-corrected chi connectivity index (χ0v) is 11.1. The summed E-state index contributed by atoms with van der Waals surface area (Å²) in [7, 11) is 0. The summed E-state index contributed by atoms with van der Waals surface area (Å²) in [6, 6.07) is 1.45. The SMILES string of the molecule is N#CC(c1scnc1C(F)F)N1CCC(CO)CC1. The lowest BCUT2D eigenvalue weighted by Gasteiger charge is -2.33. The molecule has 19 heavy (non-hydrogen) atoms. The summed E-state index contributed by atoms with van der Waals surface area (Å²) in [5, 5.41) is 18.4. The highest BCUT2D eigenvalue weighted by molar-refractivity contribution is 7.09. The van der Waals surface area contributed by atoms with E-state index < -0.39 is 12.5 Å². The average Bonchev–Trinajstić information content (AvgIpc) is 2.90. The van der Waals surface area contributed by atoms with Crippen LogP contribution in [0.25, 0.3) is 0 Å². The van der Waals surface area contributed by atoms with Gasteiger partial charge in [-0.1, -0.05) is 0 Å². The number of likely N-dealkylation sites (tertiary alicyclic amines) is 1. The van der Waals surface area contributed by atoms with Gasteiger partial charge in [-0.3, -0.25) is 4.90 Å². The van der Waals surface area contributed by atoms with Crippen LogP contribution < -0.4 is 0 Å². The molecule has 7 heteroatoms. The molecule has 0 aliphatic carbocycles. The van der Waals surface area contributed by atoms with Gasteiger partial charge in [0.15, 0.2) is 0 Å². The zero-order valence-electron chi connectivity index (χ0n) is 10.3. The van der Waals surface area contributed by atoms with Crippen molar-refractivity contribution >= 4 is 11.3 Å². The highest BCUT2D eigenvalue weighted by Gasteiger charge is 2.30. The first-order valence-electron chi connectivity index (χ1n) is 6.13. The Bertz CT molecular complexity index is 452. The molecule has 0 saturated carbocycles. The predicted molar refractivity (Wildman–Crippen MR) is 66.8 cm³/mol. The van der Waals surface area contributed by atoms with Crippen molar-refractivity contribution in [3.05, 3.63) is 16.1 Å². The summed E-state index contributed by atoms with van der Waals surface area (Å²) in [6.07, 6.45) is -1.07. The number of hydrogen-bond acceptors (Lipinski definition) is 5. The molecule has 1 aromatic rings. The van der Waals surface area contributed by atoms with Gasteiger partial charge in [0.05, 0.1) is 16.5 Å². The van der Waals surface area contributed by atoms with Gasteiger partial charge in [0.1, 0.15) is 11.7 Å². The van der Waals surface area contributed by atoms with Gasteiger partial charge in [0.2, 0.25) is 0 Å². The van der Waals surface area contributed by atoms with Crippen molar-refractivity contribution in [2.45, 2.75) is 25.3 Å². The molecule has 1 unspecified atom stereocenters. The number of nitriles is 1. The molecular weight excluding hydrogens is 272 g/mol. The number of aromatic nitrogens is 1. The van der Waals surface area contributed by atoms with E-state index in [0.717, 1.165) is 24.2 Å². The molecule has 0 radical (unpaired) electrons. The second kappa shape index (κ2) is 6.37. The Morgan fingerprint density at radius 2 is 2.21 bits per heavy atom. The molecule has 1 aliphatic heterocycles. The first-order valence-corrected chi connectivity index (χ1v) is 7.01. The number of aliphatic hydroxyl groups is 1. The molecule has 4 nitrogen and oxygen atoms in total. The highest BCUT2D eigenvalue weighted by Crippen LogP contribution is 2.34. The van der Waals surface area contributed by atoms with Gasteiger partial charge in [-0.05, 0) is 18.8 Å². The fourth-order valence-corrected chi connectivity index (χ4v) is 3.21. The van der Waals surface area contributed by atoms with Crippen LogP contribution in [0.5, 0.6) is 0 Å². The van der Waals surface area contributed by atoms with E-state index in [9.17, 15) is 14.0 Å². The molecule has 2 heterocycles. The van der Waals surface area contributed by atoms with Crippen LogP contribution in [-0.2, 0) is 0 Å². The molecule has 1 N–H and O–H groups in total. The van der Waals surface area contributed by atoms with Crippen LogP contribution in [-0.4, -0.2) is 34.7 Å². The van der Waals surface area contributed by atoms with Crippen molar-refractivity contribution in [1.82, 2.24) is 9.88 Å². The molecule has 1 saturated heterocycles. The molecule has 1 fully saturated rings. The van der Waals surface area contributed by atoms with Crippen LogP contribution in [0.15, 0.2) is 5.51 Å². The van der Waals surface area contributed by atoms with Crippen LogP contribution in [0.4, 0.5) is 8.78 Å². The monoisotopic (exact) mass is 287 g/mol. The summed E-state index contributed by atoms with van der Waals surface area (Å²) >= 11 is 1.11. The van der Waals surface area contributed by atoms with Crippen molar-refractivity contribution in [3.63, 3.8) is 0 Å². The molecule has 1 atom stereocenters. The minimum atomic E-state index is -2.65. The Balaban J connectivity index is 2.13. The second-order valence-corrected chi connectivity index (χ2v) is 5.48. The molecule has 1 aliphatic rings. The molecule has 1 aromatic heterocycles. The Labute approximate surface area is 114 Å². The van der Waals surface area contributed by atoms with E-state index in [1.807, 2.05) is 4.90 Å². The topological polar surface area (TPSA) is 60.2 Å². The fraction of sp³-hybridized carbons (Fsp3) is 0.667. The summed E-state index contributed by atoms with van der Waals surface area (Å²) in [4.78, 5) is 5.90. The normalized spacial score (nSPS) is 19.5. The third-order valence-electron chi connectivity index (χ3n) is 3.47. The van der Waals surface area contributed by atoms with Crippen molar-refractivity contribution in [1.29, 1.82) is 5.26 Å². The van der Waals surface area contributed by atoms with Crippen LogP contribution in [0.1, 0.15) is 35.9 Å².